The van der Waals surface area contributed by atoms with Crippen molar-refractivity contribution in [2.45, 2.75) is 73.1 Å². The van der Waals surface area contributed by atoms with Crippen molar-refractivity contribution in [1.82, 2.24) is 0 Å². The van der Waals surface area contributed by atoms with Gasteiger partial charge >= 0.3 is 0 Å². The molecule has 5 nitrogen and oxygen atoms in total. The Hall–Kier alpha value is -3.33. The van der Waals surface area contributed by atoms with E-state index in [1.54, 1.807) is 13.8 Å². The van der Waals surface area contributed by atoms with Crippen molar-refractivity contribution in [3.63, 3.8) is 0 Å². The summed E-state index contributed by atoms with van der Waals surface area (Å²) >= 11 is 0. The number of hydrogen-bond acceptors (Lipinski definition) is 5. The van der Waals surface area contributed by atoms with E-state index in [2.05, 4.69) is 79.8 Å². The summed E-state index contributed by atoms with van der Waals surface area (Å²) in [5, 5.41) is 21.9. The zero-order valence-electron chi connectivity index (χ0n) is 23.2. The second kappa shape index (κ2) is 15.0. The third-order valence-corrected chi connectivity index (χ3v) is 5.91. The van der Waals surface area contributed by atoms with Crippen LogP contribution in [-0.2, 0) is 17.7 Å². The first-order chi connectivity index (χ1) is 17.8. The highest BCUT2D eigenvalue weighted by Crippen LogP contribution is 2.31. The molecule has 0 radical (unpaired) electrons. The van der Waals surface area contributed by atoms with Crippen molar-refractivity contribution in [2.24, 2.45) is 0 Å². The highest BCUT2D eigenvalue weighted by Gasteiger charge is 2.12. The van der Waals surface area contributed by atoms with Crippen LogP contribution in [0.25, 0.3) is 11.1 Å². The van der Waals surface area contributed by atoms with Crippen LogP contribution in [-0.4, -0.2) is 24.1 Å². The zero-order valence-corrected chi connectivity index (χ0v) is 23.2. The van der Waals surface area contributed by atoms with Gasteiger partial charge in [-0.05, 0) is 91.8 Å². The van der Waals surface area contributed by atoms with E-state index in [9.17, 15) is 5.11 Å². The normalized spacial score (nSPS) is 10.8. The van der Waals surface area contributed by atoms with Crippen molar-refractivity contribution in [3.8, 4) is 22.9 Å². The molecule has 5 heteroatoms. The summed E-state index contributed by atoms with van der Waals surface area (Å²) in [6.45, 7) is 13.3. The van der Waals surface area contributed by atoms with Crippen LogP contribution in [0, 0.1) is 25.2 Å². The molecule has 2 N–H and O–H groups in total. The number of nitriles is 1. The lowest BCUT2D eigenvalue weighted by molar-refractivity contribution is -0.176. The van der Waals surface area contributed by atoms with E-state index >= 15 is 0 Å². The Morgan fingerprint density at radius 1 is 0.946 bits per heavy atom. The molecule has 0 fully saturated rings. The predicted octanol–water partition coefficient (Wildman–Crippen LogP) is 7.58. The van der Waals surface area contributed by atoms with Gasteiger partial charge in [-0.25, -0.2) is 0 Å². The first-order valence-corrected chi connectivity index (χ1v) is 13.2. The van der Waals surface area contributed by atoms with E-state index in [0.29, 0.717) is 26.1 Å². The summed E-state index contributed by atoms with van der Waals surface area (Å²) in [5.74, 6) is -0.272. The van der Waals surface area contributed by atoms with E-state index in [-0.39, 0.29) is 0 Å². The molecule has 3 rings (SSSR count). The average molecular weight is 503 g/mol. The third-order valence-electron chi connectivity index (χ3n) is 5.91. The molecule has 0 aliphatic heterocycles. The number of benzene rings is 3. The fourth-order valence-corrected chi connectivity index (χ4v) is 3.95. The summed E-state index contributed by atoms with van der Waals surface area (Å²) < 4.78 is 11.2. The van der Waals surface area contributed by atoms with Gasteiger partial charge in [0.05, 0.1) is 19.3 Å². The molecular formula is C32H42N2O3. The van der Waals surface area contributed by atoms with Crippen LogP contribution in [0.1, 0.15) is 62.8 Å². The number of ether oxygens (including phenoxy) is 2. The van der Waals surface area contributed by atoms with Gasteiger partial charge in [0.2, 0.25) is 0 Å². The smallest absolute Gasteiger partial charge is 0.159 e. The van der Waals surface area contributed by atoms with Gasteiger partial charge in [0.15, 0.2) is 5.79 Å². The van der Waals surface area contributed by atoms with E-state index < -0.39 is 5.79 Å². The molecule has 37 heavy (non-hydrogen) atoms. The highest BCUT2D eigenvalue weighted by molar-refractivity contribution is 5.72. The molecule has 0 aromatic heterocycles. The maximum atomic E-state index is 9.60. The van der Waals surface area contributed by atoms with Crippen LogP contribution in [0.4, 0.5) is 5.69 Å². The molecule has 198 valence electrons. The van der Waals surface area contributed by atoms with E-state index in [4.69, 9.17) is 14.7 Å². The number of rotatable bonds is 12. The van der Waals surface area contributed by atoms with Gasteiger partial charge in [-0.15, -0.1) is 0 Å². The first-order valence-electron chi connectivity index (χ1n) is 13.2. The molecule has 0 saturated carbocycles. The highest BCUT2D eigenvalue weighted by atomic mass is 16.6. The Morgan fingerprint density at radius 2 is 1.68 bits per heavy atom. The molecule has 0 bridgehead atoms. The van der Waals surface area contributed by atoms with Crippen molar-refractivity contribution >= 4 is 5.69 Å². The summed E-state index contributed by atoms with van der Waals surface area (Å²) in [5.41, 5.74) is 8.34. The Balaban J connectivity index is 0.00000235. The largest absolute Gasteiger partial charge is 0.493 e. The van der Waals surface area contributed by atoms with Crippen LogP contribution < -0.4 is 10.1 Å². The molecule has 0 unspecified atom stereocenters. The standard InChI is InChI=1S/C30H36N2O3.C2H6/c1-22-20-27(34-18-7-19-35-30(3,4)33)15-16-28(22)29-10-5-9-25(23(29)2)21-32-26-13-11-24(12-14-26)8-6-17-31;1-2/h5,9-16,20,32-33H,6-8,18-19,21H2,1-4H3;1-2H3. The van der Waals surface area contributed by atoms with Crippen molar-refractivity contribution in [3.05, 3.63) is 82.9 Å². The Bertz CT molecular complexity index is 1140. The molecular weight excluding hydrogens is 460 g/mol. The molecule has 0 saturated heterocycles. The van der Waals surface area contributed by atoms with Crippen molar-refractivity contribution in [1.29, 1.82) is 5.26 Å². The van der Waals surface area contributed by atoms with Gasteiger partial charge in [0, 0.05) is 25.1 Å². The monoisotopic (exact) mass is 502 g/mol. The third kappa shape index (κ3) is 9.92. The molecule has 0 aliphatic carbocycles. The van der Waals surface area contributed by atoms with E-state index in [1.165, 1.54) is 27.8 Å². The van der Waals surface area contributed by atoms with Crippen LogP contribution in [0.3, 0.4) is 0 Å². The molecule has 0 atom stereocenters. The SMILES string of the molecule is CC.Cc1cc(OCCCOC(C)(C)O)ccc1-c1cccc(CNc2ccc(CCC#N)cc2)c1C. The van der Waals surface area contributed by atoms with Gasteiger partial charge in [-0.2, -0.15) is 5.26 Å². The molecule has 3 aromatic carbocycles. The van der Waals surface area contributed by atoms with Crippen LogP contribution in [0.5, 0.6) is 5.75 Å². The summed E-state index contributed by atoms with van der Waals surface area (Å²) in [6.07, 6.45) is 2.04. The van der Waals surface area contributed by atoms with Crippen LogP contribution in [0.2, 0.25) is 0 Å². The van der Waals surface area contributed by atoms with Crippen LogP contribution in [0.15, 0.2) is 60.7 Å². The number of anilines is 1. The number of aliphatic hydroxyl groups is 1. The predicted molar refractivity (Wildman–Crippen MR) is 153 cm³/mol. The van der Waals surface area contributed by atoms with Crippen molar-refractivity contribution < 1.29 is 14.6 Å². The quantitative estimate of drug-likeness (QED) is 0.197. The molecule has 0 heterocycles. The number of hydrogen-bond donors (Lipinski definition) is 2. The summed E-state index contributed by atoms with van der Waals surface area (Å²) in [6, 6.07) is 23.1. The Morgan fingerprint density at radius 3 is 2.32 bits per heavy atom. The Kier molecular flexibility index (Phi) is 12.2. The molecule has 0 amide bonds. The second-order valence-corrected chi connectivity index (χ2v) is 9.27. The zero-order chi connectivity index (χ0) is 27.3. The van der Waals surface area contributed by atoms with Gasteiger partial charge in [-0.1, -0.05) is 50.2 Å². The number of nitrogens with one attached hydrogen (secondary N) is 1. The maximum absolute atomic E-state index is 9.60. The van der Waals surface area contributed by atoms with Gasteiger partial charge in [0.25, 0.3) is 0 Å². The van der Waals surface area contributed by atoms with Crippen LogP contribution >= 0.6 is 0 Å². The molecule has 3 aromatic rings. The second-order valence-electron chi connectivity index (χ2n) is 9.27. The minimum atomic E-state index is -1.11. The summed E-state index contributed by atoms with van der Waals surface area (Å²) in [4.78, 5) is 0. The average Bonchev–Trinajstić information content (AvgIpc) is 2.88. The molecule has 0 aliphatic rings. The number of aryl methyl sites for hydroxylation is 2. The fraction of sp³-hybridized carbons (Fsp3) is 0.406. The first kappa shape index (κ1) is 29.9. The van der Waals surface area contributed by atoms with Gasteiger partial charge < -0.3 is 19.9 Å². The minimum absolute atomic E-state index is 0.450. The van der Waals surface area contributed by atoms with E-state index in [0.717, 1.165) is 30.0 Å². The fourth-order valence-electron chi connectivity index (χ4n) is 3.95. The summed E-state index contributed by atoms with van der Waals surface area (Å²) in [7, 11) is 0. The van der Waals surface area contributed by atoms with Gasteiger partial charge in [0.1, 0.15) is 5.75 Å². The van der Waals surface area contributed by atoms with E-state index in [1.807, 2.05) is 19.9 Å². The maximum Gasteiger partial charge on any atom is 0.159 e. The molecule has 0 spiro atoms. The van der Waals surface area contributed by atoms with Gasteiger partial charge in [-0.3, -0.25) is 0 Å². The van der Waals surface area contributed by atoms with Crippen molar-refractivity contribution in [2.75, 3.05) is 18.5 Å². The minimum Gasteiger partial charge on any atom is -0.493 e. The topological polar surface area (TPSA) is 74.5 Å². The Labute approximate surface area is 223 Å². The lowest BCUT2D eigenvalue weighted by Gasteiger charge is -2.18. The number of nitrogens with zero attached hydrogens (tertiary/aromatic N) is 1. The lowest BCUT2D eigenvalue weighted by Crippen LogP contribution is -2.24. The lowest BCUT2D eigenvalue weighted by atomic mass is 9.93.